The Morgan fingerprint density at radius 2 is 1.90 bits per heavy atom. The number of benzene rings is 2. The Bertz CT molecular complexity index is 1020. The Morgan fingerprint density at radius 1 is 1.13 bits per heavy atom. The molecule has 31 heavy (non-hydrogen) atoms. The Hall–Kier alpha value is -3.12. The zero-order valence-corrected chi connectivity index (χ0v) is 18.4. The lowest BCUT2D eigenvalue weighted by Crippen LogP contribution is -2.41. The van der Waals surface area contributed by atoms with E-state index in [4.69, 9.17) is 9.47 Å². The average molecular weight is 435 g/mol. The molecule has 0 spiro atoms. The summed E-state index contributed by atoms with van der Waals surface area (Å²) in [6.07, 6.45) is 5.32. The molecule has 1 aliphatic rings. The first kappa shape index (κ1) is 21.1. The van der Waals surface area contributed by atoms with E-state index in [0.717, 1.165) is 40.6 Å². The van der Waals surface area contributed by atoms with Gasteiger partial charge in [0.1, 0.15) is 24.2 Å². The van der Waals surface area contributed by atoms with Crippen LogP contribution in [0.5, 0.6) is 11.5 Å². The van der Waals surface area contributed by atoms with Crippen LogP contribution in [-0.4, -0.2) is 35.0 Å². The van der Waals surface area contributed by atoms with Crippen molar-refractivity contribution in [3.63, 3.8) is 0 Å². The summed E-state index contributed by atoms with van der Waals surface area (Å²) < 4.78 is 11.8. The number of hydrogen-bond donors (Lipinski definition) is 0. The number of hydrogen-bond acceptors (Lipinski definition) is 5. The maximum absolute atomic E-state index is 12.6. The fourth-order valence-electron chi connectivity index (χ4n) is 3.50. The van der Waals surface area contributed by atoms with Crippen molar-refractivity contribution < 1.29 is 14.3 Å². The number of piperidine rings is 1. The van der Waals surface area contributed by atoms with Gasteiger partial charge in [-0.2, -0.15) is 0 Å². The number of nitrogens with zero attached hydrogens (tertiary/aromatic N) is 2. The van der Waals surface area contributed by atoms with Crippen molar-refractivity contribution in [1.82, 2.24) is 9.88 Å². The highest BCUT2D eigenvalue weighted by Gasteiger charge is 2.22. The maximum Gasteiger partial charge on any atom is 0.246 e. The second kappa shape index (κ2) is 10.3. The summed E-state index contributed by atoms with van der Waals surface area (Å²) in [5.41, 5.74) is 1.86. The van der Waals surface area contributed by atoms with Crippen LogP contribution in [-0.2, 0) is 11.4 Å². The molecule has 1 saturated heterocycles. The van der Waals surface area contributed by atoms with Gasteiger partial charge in [-0.15, -0.1) is 11.3 Å². The Morgan fingerprint density at radius 3 is 2.65 bits per heavy atom. The van der Waals surface area contributed by atoms with E-state index in [9.17, 15) is 4.79 Å². The van der Waals surface area contributed by atoms with E-state index >= 15 is 0 Å². The molecule has 160 valence electrons. The molecule has 6 heteroatoms. The Labute approximate surface area is 187 Å². The highest BCUT2D eigenvalue weighted by molar-refractivity contribution is 7.09. The lowest BCUT2D eigenvalue weighted by Gasteiger charge is -2.31. The van der Waals surface area contributed by atoms with Gasteiger partial charge in [-0.25, -0.2) is 4.98 Å². The van der Waals surface area contributed by atoms with Gasteiger partial charge in [0.2, 0.25) is 5.91 Å². The summed E-state index contributed by atoms with van der Waals surface area (Å²) in [5, 5.41) is 3.04. The van der Waals surface area contributed by atoms with Crippen molar-refractivity contribution in [2.24, 2.45) is 0 Å². The van der Waals surface area contributed by atoms with Gasteiger partial charge in [-0.3, -0.25) is 4.79 Å². The van der Waals surface area contributed by atoms with Crippen molar-refractivity contribution in [2.45, 2.75) is 32.5 Å². The average Bonchev–Trinajstić information content (AvgIpc) is 3.23. The number of thiazole rings is 1. The van der Waals surface area contributed by atoms with E-state index in [2.05, 4.69) is 4.98 Å². The second-order valence-corrected chi connectivity index (χ2v) is 8.57. The van der Waals surface area contributed by atoms with E-state index in [0.29, 0.717) is 19.7 Å². The number of para-hydroxylation sites is 1. The van der Waals surface area contributed by atoms with Gasteiger partial charge in [0, 0.05) is 37.4 Å². The minimum Gasteiger partial charge on any atom is -0.490 e. The SMILES string of the molecule is Cc1nc(COc2cccc(C=CC(=O)N3CCC(Oc4ccccc4)CC3)c2)cs1. The first-order chi connectivity index (χ1) is 15.2. The molecular weight excluding hydrogens is 408 g/mol. The number of ether oxygens (including phenoxy) is 2. The molecule has 3 aromatic rings. The third kappa shape index (κ3) is 6.18. The summed E-state index contributed by atoms with van der Waals surface area (Å²) >= 11 is 1.62. The van der Waals surface area contributed by atoms with Crippen molar-refractivity contribution in [2.75, 3.05) is 13.1 Å². The van der Waals surface area contributed by atoms with Crippen LogP contribution in [0.1, 0.15) is 29.1 Å². The van der Waals surface area contributed by atoms with E-state index in [-0.39, 0.29) is 12.0 Å². The molecule has 0 bridgehead atoms. The lowest BCUT2D eigenvalue weighted by atomic mass is 10.1. The predicted octanol–water partition coefficient (Wildman–Crippen LogP) is 5.11. The van der Waals surface area contributed by atoms with E-state index in [1.54, 1.807) is 17.4 Å². The zero-order chi connectivity index (χ0) is 21.5. The summed E-state index contributed by atoms with van der Waals surface area (Å²) in [4.78, 5) is 18.9. The third-order valence-corrected chi connectivity index (χ3v) is 5.95. The summed E-state index contributed by atoms with van der Waals surface area (Å²) in [6.45, 7) is 3.83. The molecule has 5 nitrogen and oxygen atoms in total. The number of aromatic nitrogens is 1. The smallest absolute Gasteiger partial charge is 0.246 e. The van der Waals surface area contributed by atoms with Gasteiger partial charge in [0.25, 0.3) is 0 Å². The minimum absolute atomic E-state index is 0.0300. The molecular formula is C25H26N2O3S. The molecule has 1 aliphatic heterocycles. The predicted molar refractivity (Wildman–Crippen MR) is 123 cm³/mol. The van der Waals surface area contributed by atoms with Gasteiger partial charge >= 0.3 is 0 Å². The molecule has 0 saturated carbocycles. The molecule has 0 radical (unpaired) electrons. The highest BCUT2D eigenvalue weighted by Crippen LogP contribution is 2.20. The molecule has 1 fully saturated rings. The number of likely N-dealkylation sites (tertiary alicyclic amines) is 1. The van der Waals surface area contributed by atoms with Gasteiger partial charge in [-0.1, -0.05) is 30.3 Å². The number of carbonyl (C=O) groups excluding carboxylic acids is 1. The second-order valence-electron chi connectivity index (χ2n) is 7.51. The van der Waals surface area contributed by atoms with Crippen molar-refractivity contribution in [1.29, 1.82) is 0 Å². The quantitative estimate of drug-likeness (QED) is 0.485. The van der Waals surface area contributed by atoms with Crippen molar-refractivity contribution in [3.8, 4) is 11.5 Å². The number of amides is 1. The highest BCUT2D eigenvalue weighted by atomic mass is 32.1. The molecule has 2 aromatic carbocycles. The maximum atomic E-state index is 12.6. The summed E-state index contributed by atoms with van der Waals surface area (Å²) in [5.74, 6) is 1.68. The standard InChI is InChI=1S/C25H26N2O3S/c1-19-26-21(18-31-19)17-29-24-9-5-6-20(16-24)10-11-25(28)27-14-12-23(13-15-27)30-22-7-3-2-4-8-22/h2-11,16,18,23H,12-15,17H2,1H3. The largest absolute Gasteiger partial charge is 0.490 e. The van der Waals surface area contributed by atoms with Crippen LogP contribution in [0.2, 0.25) is 0 Å². The normalized spacial score (nSPS) is 14.7. The lowest BCUT2D eigenvalue weighted by molar-refractivity contribution is -0.127. The van der Waals surface area contributed by atoms with E-state index in [1.807, 2.05) is 77.9 Å². The summed E-state index contributed by atoms with van der Waals surface area (Å²) in [7, 11) is 0. The van der Waals surface area contributed by atoms with E-state index < -0.39 is 0 Å². The number of rotatable bonds is 7. The molecule has 2 heterocycles. The van der Waals surface area contributed by atoms with Gasteiger partial charge in [0.15, 0.2) is 0 Å². The van der Waals surface area contributed by atoms with Crippen LogP contribution in [0.25, 0.3) is 6.08 Å². The van der Waals surface area contributed by atoms with Crippen LogP contribution < -0.4 is 9.47 Å². The molecule has 1 amide bonds. The molecule has 0 atom stereocenters. The monoisotopic (exact) mass is 434 g/mol. The van der Waals surface area contributed by atoms with Crippen LogP contribution in [0, 0.1) is 6.92 Å². The fraction of sp³-hybridized carbons (Fsp3) is 0.280. The number of aryl methyl sites for hydroxylation is 1. The minimum atomic E-state index is 0.0300. The Balaban J connectivity index is 1.26. The number of carbonyl (C=O) groups is 1. The fourth-order valence-corrected chi connectivity index (χ4v) is 4.10. The van der Waals surface area contributed by atoms with Crippen LogP contribution in [0.3, 0.4) is 0 Å². The molecule has 1 aromatic heterocycles. The Kier molecular flexibility index (Phi) is 6.99. The first-order valence-corrected chi connectivity index (χ1v) is 11.4. The van der Waals surface area contributed by atoms with Gasteiger partial charge in [0.05, 0.1) is 10.7 Å². The topological polar surface area (TPSA) is 51.7 Å². The zero-order valence-electron chi connectivity index (χ0n) is 17.6. The van der Waals surface area contributed by atoms with Crippen molar-refractivity contribution in [3.05, 3.63) is 82.3 Å². The summed E-state index contributed by atoms with van der Waals surface area (Å²) in [6, 6.07) is 17.6. The molecule has 4 rings (SSSR count). The van der Waals surface area contributed by atoms with Crippen LogP contribution in [0.15, 0.2) is 66.1 Å². The molecule has 0 N–H and O–H groups in total. The molecule has 0 aliphatic carbocycles. The first-order valence-electron chi connectivity index (χ1n) is 10.5. The van der Waals surface area contributed by atoms with Crippen LogP contribution >= 0.6 is 11.3 Å². The van der Waals surface area contributed by atoms with Gasteiger partial charge in [-0.05, 0) is 42.8 Å². The third-order valence-electron chi connectivity index (χ3n) is 5.13. The molecule has 0 unspecified atom stereocenters. The van der Waals surface area contributed by atoms with Gasteiger partial charge < -0.3 is 14.4 Å². The van der Waals surface area contributed by atoms with Crippen molar-refractivity contribution >= 4 is 23.3 Å². The van der Waals surface area contributed by atoms with E-state index in [1.165, 1.54) is 0 Å². The van der Waals surface area contributed by atoms with Crippen LogP contribution in [0.4, 0.5) is 0 Å².